The van der Waals surface area contributed by atoms with Gasteiger partial charge in [0, 0.05) is 5.56 Å². The van der Waals surface area contributed by atoms with Crippen LogP contribution in [0.25, 0.3) is 11.3 Å². The quantitative estimate of drug-likeness (QED) is 0.865. The first kappa shape index (κ1) is 11.9. The Balaban J connectivity index is 2.24. The first-order valence-corrected chi connectivity index (χ1v) is 6.07. The van der Waals surface area contributed by atoms with Gasteiger partial charge in [-0.1, -0.05) is 30.7 Å². The Bertz CT molecular complexity index is 499. The number of benzene rings is 1. The third-order valence-electron chi connectivity index (χ3n) is 2.86. The molecule has 0 aliphatic rings. The Morgan fingerprint density at radius 2 is 1.94 bits per heavy atom. The van der Waals surface area contributed by atoms with Gasteiger partial charge in [0.15, 0.2) is 0 Å². The lowest BCUT2D eigenvalue weighted by atomic mass is 10.0. The van der Waals surface area contributed by atoms with Crippen LogP contribution in [0.4, 0.5) is 0 Å². The van der Waals surface area contributed by atoms with Crippen LogP contribution in [0.15, 0.2) is 34.7 Å². The van der Waals surface area contributed by atoms with Gasteiger partial charge >= 0.3 is 0 Å². The average molecular weight is 229 g/mol. The van der Waals surface area contributed by atoms with E-state index in [0.29, 0.717) is 0 Å². The third kappa shape index (κ3) is 2.77. The molecule has 2 heteroatoms. The molecule has 1 aromatic heterocycles. The van der Waals surface area contributed by atoms with E-state index in [2.05, 4.69) is 44.3 Å². The fourth-order valence-electron chi connectivity index (χ4n) is 1.96. The van der Waals surface area contributed by atoms with Crippen molar-refractivity contribution in [3.63, 3.8) is 0 Å². The number of hydrogen-bond acceptors (Lipinski definition) is 2. The van der Waals surface area contributed by atoms with Crippen LogP contribution in [0.1, 0.15) is 23.8 Å². The van der Waals surface area contributed by atoms with Crippen molar-refractivity contribution in [2.75, 3.05) is 6.54 Å². The molecule has 17 heavy (non-hydrogen) atoms. The Morgan fingerprint density at radius 3 is 2.65 bits per heavy atom. The van der Waals surface area contributed by atoms with E-state index in [1.807, 2.05) is 12.1 Å². The molecule has 0 aliphatic carbocycles. The van der Waals surface area contributed by atoms with Crippen molar-refractivity contribution in [1.29, 1.82) is 0 Å². The molecule has 90 valence electrons. The predicted octanol–water partition coefficient (Wildman–Crippen LogP) is 3.67. The second kappa shape index (κ2) is 5.19. The second-order valence-electron chi connectivity index (χ2n) is 4.36. The minimum atomic E-state index is 0.793. The standard InChI is InChI=1S/C15H19NO/c1-4-16-10-13-6-8-15(17-13)14-7-5-11(2)9-12(14)3/h5-9,16H,4,10H2,1-3H3. The summed E-state index contributed by atoms with van der Waals surface area (Å²) >= 11 is 0. The molecule has 1 N–H and O–H groups in total. The van der Waals surface area contributed by atoms with Crippen molar-refractivity contribution < 1.29 is 4.42 Å². The van der Waals surface area contributed by atoms with Crippen molar-refractivity contribution in [3.05, 3.63) is 47.2 Å². The summed E-state index contributed by atoms with van der Waals surface area (Å²) < 4.78 is 5.83. The second-order valence-corrected chi connectivity index (χ2v) is 4.36. The maximum Gasteiger partial charge on any atom is 0.134 e. The van der Waals surface area contributed by atoms with Crippen LogP contribution < -0.4 is 5.32 Å². The van der Waals surface area contributed by atoms with Crippen LogP contribution in [-0.4, -0.2) is 6.54 Å². The summed E-state index contributed by atoms with van der Waals surface area (Å²) in [7, 11) is 0. The van der Waals surface area contributed by atoms with E-state index in [-0.39, 0.29) is 0 Å². The molecule has 0 unspecified atom stereocenters. The number of furan rings is 1. The normalized spacial score (nSPS) is 10.8. The summed E-state index contributed by atoms with van der Waals surface area (Å²) in [5.74, 6) is 1.94. The lowest BCUT2D eigenvalue weighted by Gasteiger charge is -2.04. The Kier molecular flexibility index (Phi) is 3.64. The molecule has 0 atom stereocenters. The van der Waals surface area contributed by atoms with Crippen molar-refractivity contribution in [2.24, 2.45) is 0 Å². The molecule has 1 heterocycles. The van der Waals surface area contributed by atoms with E-state index in [9.17, 15) is 0 Å². The minimum absolute atomic E-state index is 0.793. The largest absolute Gasteiger partial charge is 0.460 e. The van der Waals surface area contributed by atoms with Crippen LogP contribution in [0, 0.1) is 13.8 Å². The fraction of sp³-hybridized carbons (Fsp3) is 0.333. The molecule has 0 fully saturated rings. The van der Waals surface area contributed by atoms with Gasteiger partial charge in [-0.15, -0.1) is 0 Å². The zero-order chi connectivity index (χ0) is 12.3. The first-order valence-electron chi connectivity index (χ1n) is 6.07. The molecule has 0 aliphatic heterocycles. The van der Waals surface area contributed by atoms with Crippen LogP contribution in [0.5, 0.6) is 0 Å². The van der Waals surface area contributed by atoms with E-state index in [4.69, 9.17) is 4.42 Å². The molecule has 2 rings (SSSR count). The molecular formula is C15H19NO. The molecule has 0 saturated carbocycles. The fourth-order valence-corrected chi connectivity index (χ4v) is 1.96. The van der Waals surface area contributed by atoms with Gasteiger partial charge in [0.05, 0.1) is 6.54 Å². The van der Waals surface area contributed by atoms with Gasteiger partial charge in [0.1, 0.15) is 11.5 Å². The Labute approximate surface area is 103 Å². The van der Waals surface area contributed by atoms with Crippen molar-refractivity contribution in [2.45, 2.75) is 27.3 Å². The van der Waals surface area contributed by atoms with E-state index < -0.39 is 0 Å². The van der Waals surface area contributed by atoms with Gasteiger partial charge in [-0.25, -0.2) is 0 Å². The molecule has 0 spiro atoms. The van der Waals surface area contributed by atoms with Crippen LogP contribution in [0.3, 0.4) is 0 Å². The lowest BCUT2D eigenvalue weighted by molar-refractivity contribution is 0.498. The van der Waals surface area contributed by atoms with Gasteiger partial charge in [-0.3, -0.25) is 0 Å². The Hall–Kier alpha value is -1.54. The molecule has 0 saturated heterocycles. The van der Waals surface area contributed by atoms with Gasteiger partial charge < -0.3 is 9.73 Å². The Morgan fingerprint density at radius 1 is 1.12 bits per heavy atom. The van der Waals surface area contributed by atoms with Crippen LogP contribution >= 0.6 is 0 Å². The smallest absolute Gasteiger partial charge is 0.134 e. The molecule has 0 radical (unpaired) electrons. The summed E-state index contributed by atoms with van der Waals surface area (Å²) in [6.07, 6.45) is 0. The third-order valence-corrected chi connectivity index (χ3v) is 2.86. The summed E-state index contributed by atoms with van der Waals surface area (Å²) in [4.78, 5) is 0. The average Bonchev–Trinajstić information content (AvgIpc) is 2.75. The summed E-state index contributed by atoms with van der Waals surface area (Å²) in [5.41, 5.74) is 3.72. The maximum absolute atomic E-state index is 5.83. The van der Waals surface area contributed by atoms with Crippen molar-refractivity contribution in [3.8, 4) is 11.3 Å². The summed E-state index contributed by atoms with van der Waals surface area (Å²) in [5, 5.41) is 3.26. The predicted molar refractivity (Wildman–Crippen MR) is 71.0 cm³/mol. The number of hydrogen-bond donors (Lipinski definition) is 1. The molecule has 1 aromatic carbocycles. The molecule has 2 nitrogen and oxygen atoms in total. The van der Waals surface area contributed by atoms with E-state index in [1.54, 1.807) is 0 Å². The first-order chi connectivity index (χ1) is 8.20. The monoisotopic (exact) mass is 229 g/mol. The van der Waals surface area contributed by atoms with Gasteiger partial charge in [0.2, 0.25) is 0 Å². The van der Waals surface area contributed by atoms with E-state index >= 15 is 0 Å². The maximum atomic E-state index is 5.83. The zero-order valence-corrected chi connectivity index (χ0v) is 10.7. The minimum Gasteiger partial charge on any atom is -0.460 e. The highest BCUT2D eigenvalue weighted by atomic mass is 16.3. The lowest BCUT2D eigenvalue weighted by Crippen LogP contribution is -2.10. The molecule has 0 bridgehead atoms. The SMILES string of the molecule is CCNCc1ccc(-c2ccc(C)cc2C)o1. The van der Waals surface area contributed by atoms with E-state index in [0.717, 1.165) is 24.6 Å². The highest BCUT2D eigenvalue weighted by molar-refractivity contribution is 5.62. The number of nitrogens with one attached hydrogen (secondary N) is 1. The highest BCUT2D eigenvalue weighted by Gasteiger charge is 2.07. The van der Waals surface area contributed by atoms with Gasteiger partial charge in [0.25, 0.3) is 0 Å². The molecule has 2 aromatic rings. The van der Waals surface area contributed by atoms with Crippen LogP contribution in [0.2, 0.25) is 0 Å². The molecule has 0 amide bonds. The number of aryl methyl sites for hydroxylation is 2. The van der Waals surface area contributed by atoms with Gasteiger partial charge in [-0.2, -0.15) is 0 Å². The summed E-state index contributed by atoms with van der Waals surface area (Å²) in [6, 6.07) is 10.5. The zero-order valence-electron chi connectivity index (χ0n) is 10.7. The van der Waals surface area contributed by atoms with Gasteiger partial charge in [-0.05, 0) is 38.1 Å². The topological polar surface area (TPSA) is 25.2 Å². The van der Waals surface area contributed by atoms with Crippen molar-refractivity contribution >= 4 is 0 Å². The van der Waals surface area contributed by atoms with Crippen molar-refractivity contribution in [1.82, 2.24) is 5.32 Å². The van der Waals surface area contributed by atoms with E-state index in [1.165, 1.54) is 16.7 Å². The molecular weight excluding hydrogens is 210 g/mol. The van der Waals surface area contributed by atoms with Crippen LogP contribution in [-0.2, 0) is 6.54 Å². The number of rotatable bonds is 4. The highest BCUT2D eigenvalue weighted by Crippen LogP contribution is 2.26. The summed E-state index contributed by atoms with van der Waals surface area (Å²) in [6.45, 7) is 8.07.